The molecule has 10 nitrogen and oxygen atoms in total. The van der Waals surface area contributed by atoms with Gasteiger partial charge in [0.15, 0.2) is 6.04 Å². The highest BCUT2D eigenvalue weighted by Crippen LogP contribution is 2.26. The molecule has 1 atom stereocenters. The minimum Gasteiger partial charge on any atom is -0.467 e. The number of carbonyl (C=O) groups excluding carboxylic acids is 2. The van der Waals surface area contributed by atoms with Gasteiger partial charge in [0.2, 0.25) is 5.91 Å². The highest BCUT2D eigenvalue weighted by Gasteiger charge is 2.34. The minimum absolute atomic E-state index is 0.0700. The largest absolute Gasteiger partial charge is 0.467 e. The number of carbonyl (C=O) groups is 2. The number of nitrogens with one attached hydrogen (secondary N) is 1. The summed E-state index contributed by atoms with van der Waals surface area (Å²) in [7, 11) is 1.55. The van der Waals surface area contributed by atoms with Gasteiger partial charge < -0.3 is 23.8 Å². The predicted molar refractivity (Wildman–Crippen MR) is 118 cm³/mol. The second-order valence-electron chi connectivity index (χ2n) is 7.47. The normalized spacial score (nSPS) is 12.1. The summed E-state index contributed by atoms with van der Waals surface area (Å²) in [4.78, 5) is 28.2. The monoisotopic (exact) mass is 451 g/mol. The molecule has 0 saturated carbocycles. The fraction of sp³-hybridized carbons (Fsp3) is 0.304. The van der Waals surface area contributed by atoms with E-state index in [1.807, 2.05) is 24.3 Å². The molecule has 33 heavy (non-hydrogen) atoms. The molecule has 3 aromatic heterocycles. The van der Waals surface area contributed by atoms with Gasteiger partial charge in [0.25, 0.3) is 5.91 Å². The van der Waals surface area contributed by atoms with Gasteiger partial charge in [-0.2, -0.15) is 0 Å². The Balaban J connectivity index is 1.67. The van der Waals surface area contributed by atoms with E-state index in [1.165, 1.54) is 15.8 Å². The van der Waals surface area contributed by atoms with Gasteiger partial charge in [-0.1, -0.05) is 17.3 Å². The van der Waals surface area contributed by atoms with Gasteiger partial charge >= 0.3 is 0 Å². The first-order valence-electron chi connectivity index (χ1n) is 10.5. The highest BCUT2D eigenvalue weighted by atomic mass is 16.5. The van der Waals surface area contributed by atoms with Gasteiger partial charge in [-0.3, -0.25) is 9.59 Å². The third-order valence-corrected chi connectivity index (χ3v) is 5.13. The number of furan rings is 2. The van der Waals surface area contributed by atoms with Crippen LogP contribution in [0, 0.1) is 6.92 Å². The molecule has 3 heterocycles. The number of aromatic nitrogens is 3. The molecule has 4 aromatic rings. The summed E-state index contributed by atoms with van der Waals surface area (Å²) in [5.41, 5.74) is 1.40. The molecular weight excluding hydrogens is 426 g/mol. The molecule has 0 spiro atoms. The maximum atomic E-state index is 13.6. The van der Waals surface area contributed by atoms with E-state index >= 15 is 0 Å². The van der Waals surface area contributed by atoms with E-state index in [9.17, 15) is 9.59 Å². The molecule has 0 aliphatic carbocycles. The first-order chi connectivity index (χ1) is 16.1. The summed E-state index contributed by atoms with van der Waals surface area (Å²) in [6, 6.07) is 13.3. The third-order valence-electron chi connectivity index (χ3n) is 5.13. The Morgan fingerprint density at radius 2 is 2.03 bits per heavy atom. The molecule has 0 aliphatic heterocycles. The summed E-state index contributed by atoms with van der Waals surface area (Å²) < 4.78 is 17.8. The van der Waals surface area contributed by atoms with Crippen molar-refractivity contribution in [2.45, 2.75) is 26.1 Å². The van der Waals surface area contributed by atoms with Crippen molar-refractivity contribution < 1.29 is 23.2 Å². The molecular formula is C23H25N5O5. The van der Waals surface area contributed by atoms with Crippen molar-refractivity contribution in [1.82, 2.24) is 25.2 Å². The van der Waals surface area contributed by atoms with Gasteiger partial charge in [-0.05, 0) is 43.3 Å². The van der Waals surface area contributed by atoms with Crippen molar-refractivity contribution in [2.24, 2.45) is 0 Å². The predicted octanol–water partition coefficient (Wildman–Crippen LogP) is 2.46. The molecule has 1 unspecified atom stereocenters. The number of hydrogen-bond donors (Lipinski definition) is 1. The Hall–Kier alpha value is -3.92. The van der Waals surface area contributed by atoms with E-state index in [0.29, 0.717) is 35.9 Å². The molecule has 1 N–H and O–H groups in total. The van der Waals surface area contributed by atoms with Gasteiger partial charge in [0.05, 0.1) is 24.9 Å². The number of para-hydroxylation sites is 1. The Morgan fingerprint density at radius 1 is 1.18 bits per heavy atom. The fourth-order valence-corrected chi connectivity index (χ4v) is 3.54. The standard InChI is InChI=1S/C23H25N5O5/c1-16-9-10-20(33-16)22(23(30)24-11-13-31-2)27(14-17-6-5-12-32-17)21(29)15-28-19-8-4-3-7-18(19)25-26-28/h3-10,12,22H,11,13-15H2,1-2H3,(H,24,30). The molecule has 2 amide bonds. The van der Waals surface area contributed by atoms with Crippen LogP contribution < -0.4 is 5.32 Å². The summed E-state index contributed by atoms with van der Waals surface area (Å²) in [6.45, 7) is 2.38. The fourth-order valence-electron chi connectivity index (χ4n) is 3.54. The smallest absolute Gasteiger partial charge is 0.250 e. The van der Waals surface area contributed by atoms with E-state index in [4.69, 9.17) is 13.6 Å². The second-order valence-corrected chi connectivity index (χ2v) is 7.47. The number of nitrogens with zero attached hydrogens (tertiary/aromatic N) is 4. The van der Waals surface area contributed by atoms with Crippen LogP contribution in [0.3, 0.4) is 0 Å². The van der Waals surface area contributed by atoms with Crippen LogP contribution in [-0.2, 0) is 27.4 Å². The number of aryl methyl sites for hydroxylation is 1. The van der Waals surface area contributed by atoms with Crippen LogP contribution in [-0.4, -0.2) is 52.0 Å². The van der Waals surface area contributed by atoms with Gasteiger partial charge in [0, 0.05) is 13.7 Å². The van der Waals surface area contributed by atoms with E-state index in [-0.39, 0.29) is 24.9 Å². The van der Waals surface area contributed by atoms with Crippen LogP contribution in [0.1, 0.15) is 23.3 Å². The zero-order valence-electron chi connectivity index (χ0n) is 18.4. The summed E-state index contributed by atoms with van der Waals surface area (Å²) in [6.07, 6.45) is 1.52. The summed E-state index contributed by atoms with van der Waals surface area (Å²) in [5, 5.41) is 11.0. The quantitative estimate of drug-likeness (QED) is 0.368. The van der Waals surface area contributed by atoms with Crippen LogP contribution in [0.2, 0.25) is 0 Å². The van der Waals surface area contributed by atoms with Crippen LogP contribution in [0.15, 0.2) is 63.6 Å². The Labute approximate surface area is 190 Å². The lowest BCUT2D eigenvalue weighted by Crippen LogP contribution is -2.45. The van der Waals surface area contributed by atoms with Crippen molar-refractivity contribution in [3.8, 4) is 0 Å². The Bertz CT molecular complexity index is 1210. The van der Waals surface area contributed by atoms with Crippen molar-refractivity contribution in [3.63, 3.8) is 0 Å². The van der Waals surface area contributed by atoms with Gasteiger partial charge in [0.1, 0.15) is 29.3 Å². The lowest BCUT2D eigenvalue weighted by Gasteiger charge is -2.29. The van der Waals surface area contributed by atoms with Crippen LogP contribution in [0.5, 0.6) is 0 Å². The molecule has 172 valence electrons. The molecule has 0 aliphatic rings. The van der Waals surface area contributed by atoms with E-state index in [0.717, 1.165) is 5.52 Å². The second kappa shape index (κ2) is 10.1. The van der Waals surface area contributed by atoms with Crippen LogP contribution >= 0.6 is 0 Å². The van der Waals surface area contributed by atoms with E-state index in [1.54, 1.807) is 38.3 Å². The zero-order chi connectivity index (χ0) is 23.2. The first-order valence-corrected chi connectivity index (χ1v) is 10.5. The maximum Gasteiger partial charge on any atom is 0.250 e. The molecule has 0 saturated heterocycles. The van der Waals surface area contributed by atoms with Crippen molar-refractivity contribution in [1.29, 1.82) is 0 Å². The van der Waals surface area contributed by atoms with E-state index in [2.05, 4.69) is 15.6 Å². The number of ether oxygens (including phenoxy) is 1. The zero-order valence-corrected chi connectivity index (χ0v) is 18.4. The minimum atomic E-state index is -1.01. The number of rotatable bonds is 10. The van der Waals surface area contributed by atoms with Crippen LogP contribution in [0.25, 0.3) is 11.0 Å². The number of benzene rings is 1. The average Bonchev–Trinajstić information content (AvgIpc) is 3.56. The molecule has 10 heteroatoms. The molecule has 1 aromatic carbocycles. The van der Waals surface area contributed by atoms with Crippen molar-refractivity contribution in [3.05, 3.63) is 72.1 Å². The number of methoxy groups -OCH3 is 1. The maximum absolute atomic E-state index is 13.6. The third kappa shape index (κ3) is 5.12. The molecule has 0 fully saturated rings. The lowest BCUT2D eigenvalue weighted by molar-refractivity contribution is -0.143. The van der Waals surface area contributed by atoms with Gasteiger partial charge in [-0.15, -0.1) is 5.10 Å². The number of amides is 2. The summed E-state index contributed by atoms with van der Waals surface area (Å²) >= 11 is 0. The van der Waals surface area contributed by atoms with Gasteiger partial charge in [-0.25, -0.2) is 4.68 Å². The summed E-state index contributed by atoms with van der Waals surface area (Å²) in [5.74, 6) is 0.788. The van der Waals surface area contributed by atoms with Crippen molar-refractivity contribution in [2.75, 3.05) is 20.3 Å². The molecule has 0 bridgehead atoms. The molecule has 4 rings (SSSR count). The topological polar surface area (TPSA) is 116 Å². The van der Waals surface area contributed by atoms with E-state index < -0.39 is 6.04 Å². The average molecular weight is 451 g/mol. The lowest BCUT2D eigenvalue weighted by atomic mass is 10.1. The Kier molecular flexibility index (Phi) is 6.84. The SMILES string of the molecule is COCCNC(=O)C(c1ccc(C)o1)N(Cc1ccco1)C(=O)Cn1nnc2ccccc21. The Morgan fingerprint density at radius 3 is 2.76 bits per heavy atom. The van der Waals surface area contributed by atoms with Crippen molar-refractivity contribution >= 4 is 22.8 Å². The first kappa shape index (κ1) is 22.3. The number of fused-ring (bicyclic) bond motifs is 1. The van der Waals surface area contributed by atoms with Crippen LogP contribution in [0.4, 0.5) is 0 Å². The molecule has 0 radical (unpaired) electrons. The number of hydrogen-bond acceptors (Lipinski definition) is 7. The highest BCUT2D eigenvalue weighted by molar-refractivity contribution is 5.88.